The van der Waals surface area contributed by atoms with E-state index in [0.717, 1.165) is 11.8 Å². The van der Waals surface area contributed by atoms with Gasteiger partial charge in [0.15, 0.2) is 15.0 Å². The summed E-state index contributed by atoms with van der Waals surface area (Å²) in [6.07, 6.45) is 2.88. The van der Waals surface area contributed by atoms with Crippen molar-refractivity contribution in [1.82, 2.24) is 15.3 Å². The fourth-order valence-electron chi connectivity index (χ4n) is 4.00. The van der Waals surface area contributed by atoms with Crippen molar-refractivity contribution in [3.05, 3.63) is 83.0 Å². The maximum Gasteiger partial charge on any atom is 0.257 e. The summed E-state index contributed by atoms with van der Waals surface area (Å²) in [6, 6.07) is 14.7. The zero-order valence-electron chi connectivity index (χ0n) is 23.0. The number of hydrogen-bond acceptors (Lipinski definition) is 9. The average molecular weight is 595 g/mol. The number of benzene rings is 2. The molecule has 0 saturated heterocycles. The third-order valence-corrected chi connectivity index (χ3v) is 7.81. The first-order chi connectivity index (χ1) is 19.5. The second-order valence-corrected chi connectivity index (χ2v) is 12.3. The maximum atomic E-state index is 13.3. The molecule has 2 amide bonds. The summed E-state index contributed by atoms with van der Waals surface area (Å²) in [4.78, 5) is 34.6. The standard InChI is InChI=1S/C29H30N4O6S2/c1-18-6-5-11-30-27(18)20-12-21(14-24(13-20)39-23-7-9-25(10-8-23)41(4,36)37)28(35)33-29-32-22(17-40-29)15-26(34)31-19(2)16-38-3/h5-14,17,19H,15-16H2,1-4H3,(H,31,34)(H,32,33,35). The molecule has 1 atom stereocenters. The zero-order chi connectivity index (χ0) is 29.6. The third kappa shape index (κ3) is 8.19. The summed E-state index contributed by atoms with van der Waals surface area (Å²) >= 11 is 1.22. The molecule has 2 aromatic carbocycles. The number of aromatic nitrogens is 2. The van der Waals surface area contributed by atoms with Crippen molar-refractivity contribution in [2.24, 2.45) is 0 Å². The SMILES string of the molecule is COCC(C)NC(=O)Cc1csc(NC(=O)c2cc(Oc3ccc(S(C)(=O)=O)cc3)cc(-c3ncccc3C)c2)n1. The van der Waals surface area contributed by atoms with Gasteiger partial charge in [-0.15, -0.1) is 11.3 Å². The number of carbonyl (C=O) groups is 2. The fourth-order valence-corrected chi connectivity index (χ4v) is 5.34. The molecule has 0 aliphatic heterocycles. The number of thiazole rings is 1. The van der Waals surface area contributed by atoms with E-state index < -0.39 is 15.7 Å². The van der Waals surface area contributed by atoms with Crippen molar-refractivity contribution in [2.75, 3.05) is 25.3 Å². The summed E-state index contributed by atoms with van der Waals surface area (Å²) < 4.78 is 34.7. The van der Waals surface area contributed by atoms with Gasteiger partial charge in [-0.3, -0.25) is 19.9 Å². The Labute approximate surface area is 242 Å². The van der Waals surface area contributed by atoms with Crippen molar-refractivity contribution in [1.29, 1.82) is 0 Å². The third-order valence-electron chi connectivity index (χ3n) is 5.88. The molecule has 0 bridgehead atoms. The highest BCUT2D eigenvalue weighted by Gasteiger charge is 2.16. The van der Waals surface area contributed by atoms with E-state index in [1.807, 2.05) is 26.0 Å². The Bertz CT molecular complexity index is 1650. The Kier molecular flexibility index (Phi) is 9.48. The first-order valence-corrected chi connectivity index (χ1v) is 15.4. The van der Waals surface area contributed by atoms with E-state index in [9.17, 15) is 18.0 Å². The van der Waals surface area contributed by atoms with Gasteiger partial charge in [-0.1, -0.05) is 6.07 Å². The minimum absolute atomic E-state index is 0.0744. The van der Waals surface area contributed by atoms with Crippen molar-refractivity contribution in [3.63, 3.8) is 0 Å². The molecule has 10 nitrogen and oxygen atoms in total. The van der Waals surface area contributed by atoms with Gasteiger partial charge in [-0.25, -0.2) is 13.4 Å². The van der Waals surface area contributed by atoms with Crippen LogP contribution in [0, 0.1) is 6.92 Å². The molecule has 214 valence electrons. The number of anilines is 1. The van der Waals surface area contributed by atoms with Gasteiger partial charge in [0.1, 0.15) is 11.5 Å². The van der Waals surface area contributed by atoms with E-state index in [2.05, 4.69) is 20.6 Å². The van der Waals surface area contributed by atoms with Crippen LogP contribution in [-0.2, 0) is 25.8 Å². The van der Waals surface area contributed by atoms with E-state index in [-0.39, 0.29) is 23.3 Å². The van der Waals surface area contributed by atoms with E-state index >= 15 is 0 Å². The molecule has 0 fully saturated rings. The Morgan fingerprint density at radius 3 is 2.51 bits per heavy atom. The number of rotatable bonds is 11. The van der Waals surface area contributed by atoms with Crippen LogP contribution in [0.2, 0.25) is 0 Å². The lowest BCUT2D eigenvalue weighted by molar-refractivity contribution is -0.121. The number of hydrogen-bond donors (Lipinski definition) is 2. The lowest BCUT2D eigenvalue weighted by atomic mass is 10.0. The highest BCUT2D eigenvalue weighted by molar-refractivity contribution is 7.90. The predicted molar refractivity (Wildman–Crippen MR) is 157 cm³/mol. The maximum absolute atomic E-state index is 13.3. The number of amides is 2. The van der Waals surface area contributed by atoms with Crippen LogP contribution < -0.4 is 15.4 Å². The summed E-state index contributed by atoms with van der Waals surface area (Å²) in [5.74, 6) is 0.159. The second kappa shape index (κ2) is 13.0. The topological polar surface area (TPSA) is 137 Å². The van der Waals surface area contributed by atoms with E-state index in [4.69, 9.17) is 9.47 Å². The molecule has 41 heavy (non-hydrogen) atoms. The van der Waals surface area contributed by atoms with Crippen molar-refractivity contribution >= 4 is 38.1 Å². The minimum atomic E-state index is -3.35. The molecular formula is C29H30N4O6S2. The van der Waals surface area contributed by atoms with Crippen LogP contribution in [-0.4, -0.2) is 56.2 Å². The summed E-state index contributed by atoms with van der Waals surface area (Å²) in [6.45, 7) is 4.17. The second-order valence-electron chi connectivity index (χ2n) is 9.46. The first kappa shape index (κ1) is 29.8. The Balaban J connectivity index is 1.56. The fraction of sp³-hybridized carbons (Fsp3) is 0.241. The molecule has 0 aliphatic carbocycles. The predicted octanol–water partition coefficient (Wildman–Crippen LogP) is 4.66. The normalized spacial score (nSPS) is 12.0. The Morgan fingerprint density at radius 1 is 1.07 bits per heavy atom. The molecule has 0 spiro atoms. The van der Waals surface area contributed by atoms with Crippen LogP contribution in [0.1, 0.15) is 28.5 Å². The molecule has 2 aromatic heterocycles. The van der Waals surface area contributed by atoms with Crippen LogP contribution in [0.4, 0.5) is 5.13 Å². The summed E-state index contributed by atoms with van der Waals surface area (Å²) in [5.41, 5.74) is 3.10. The molecular weight excluding hydrogens is 564 g/mol. The van der Waals surface area contributed by atoms with Crippen molar-refractivity contribution in [3.8, 4) is 22.8 Å². The molecule has 4 aromatic rings. The quantitative estimate of drug-likeness (QED) is 0.256. The van der Waals surface area contributed by atoms with E-state index in [1.165, 1.54) is 23.5 Å². The number of sulfone groups is 1. The number of nitrogens with one attached hydrogen (secondary N) is 2. The highest BCUT2D eigenvalue weighted by atomic mass is 32.2. The minimum Gasteiger partial charge on any atom is -0.457 e. The molecule has 12 heteroatoms. The molecule has 1 unspecified atom stereocenters. The van der Waals surface area contributed by atoms with Gasteiger partial charge in [-0.2, -0.15) is 0 Å². The van der Waals surface area contributed by atoms with Crippen molar-refractivity contribution < 1.29 is 27.5 Å². The van der Waals surface area contributed by atoms with Crippen molar-refractivity contribution in [2.45, 2.75) is 31.2 Å². The zero-order valence-corrected chi connectivity index (χ0v) is 24.6. The van der Waals surface area contributed by atoms with Crippen LogP contribution in [0.3, 0.4) is 0 Å². The monoisotopic (exact) mass is 594 g/mol. The number of methoxy groups -OCH3 is 1. The van der Waals surface area contributed by atoms with Crippen LogP contribution in [0.15, 0.2) is 71.1 Å². The van der Waals surface area contributed by atoms with Gasteiger partial charge in [0.05, 0.1) is 29.3 Å². The molecule has 2 N–H and O–H groups in total. The number of aryl methyl sites for hydroxylation is 1. The molecule has 4 rings (SSSR count). The Morgan fingerprint density at radius 2 is 1.83 bits per heavy atom. The van der Waals surface area contributed by atoms with Crippen LogP contribution in [0.5, 0.6) is 11.5 Å². The van der Waals surface area contributed by atoms with Gasteiger partial charge in [-0.05, 0) is 67.9 Å². The number of nitrogens with zero attached hydrogens (tertiary/aromatic N) is 2. The first-order valence-electron chi connectivity index (χ1n) is 12.6. The molecule has 0 radical (unpaired) electrons. The smallest absolute Gasteiger partial charge is 0.257 e. The number of carbonyl (C=O) groups excluding carboxylic acids is 2. The lowest BCUT2D eigenvalue weighted by Gasteiger charge is -2.12. The molecule has 2 heterocycles. The van der Waals surface area contributed by atoms with Gasteiger partial charge in [0, 0.05) is 42.1 Å². The van der Waals surface area contributed by atoms with Gasteiger partial charge >= 0.3 is 0 Å². The van der Waals surface area contributed by atoms with Gasteiger partial charge in [0.25, 0.3) is 5.91 Å². The van der Waals surface area contributed by atoms with Crippen LogP contribution >= 0.6 is 11.3 Å². The highest BCUT2D eigenvalue weighted by Crippen LogP contribution is 2.31. The van der Waals surface area contributed by atoms with Gasteiger partial charge < -0.3 is 14.8 Å². The average Bonchev–Trinajstić information content (AvgIpc) is 3.34. The van der Waals surface area contributed by atoms with E-state index in [0.29, 0.717) is 45.8 Å². The summed E-state index contributed by atoms with van der Waals surface area (Å²) in [7, 11) is -1.78. The number of pyridine rings is 1. The summed E-state index contributed by atoms with van der Waals surface area (Å²) in [5, 5.41) is 7.70. The molecule has 0 saturated carbocycles. The largest absolute Gasteiger partial charge is 0.457 e. The van der Waals surface area contributed by atoms with Crippen LogP contribution in [0.25, 0.3) is 11.3 Å². The van der Waals surface area contributed by atoms with Gasteiger partial charge in [0.2, 0.25) is 5.91 Å². The van der Waals surface area contributed by atoms with E-state index in [1.54, 1.807) is 49.0 Å². The lowest BCUT2D eigenvalue weighted by Crippen LogP contribution is -2.36. The molecule has 0 aliphatic rings. The Hall–Kier alpha value is -4.13. The number of ether oxygens (including phenoxy) is 2.